The highest BCUT2D eigenvalue weighted by Gasteiger charge is 2.32. The SMILES string of the molecule is COc1ccc(C(C)NC(=O)c2ccc3c(c2)CC(C)N3S(C)(=O)=O)cc1Br. The van der Waals surface area contributed by atoms with Gasteiger partial charge in [-0.1, -0.05) is 6.07 Å². The molecule has 2 aromatic rings. The van der Waals surface area contributed by atoms with Gasteiger partial charge in [0.1, 0.15) is 5.75 Å². The first-order valence-corrected chi connectivity index (χ1v) is 11.5. The average molecular weight is 467 g/mol. The summed E-state index contributed by atoms with van der Waals surface area (Å²) in [6.45, 7) is 3.78. The number of carbonyl (C=O) groups is 1. The molecule has 0 spiro atoms. The van der Waals surface area contributed by atoms with Gasteiger partial charge in [-0.05, 0) is 77.7 Å². The van der Waals surface area contributed by atoms with Gasteiger partial charge in [0.2, 0.25) is 10.0 Å². The van der Waals surface area contributed by atoms with E-state index in [4.69, 9.17) is 4.74 Å². The van der Waals surface area contributed by atoms with Crippen LogP contribution in [0.5, 0.6) is 5.75 Å². The number of ether oxygens (including phenoxy) is 1. The molecule has 1 aliphatic heterocycles. The summed E-state index contributed by atoms with van der Waals surface area (Å²) in [5, 5.41) is 2.99. The lowest BCUT2D eigenvalue weighted by atomic mass is 10.0. The van der Waals surface area contributed by atoms with Crippen molar-refractivity contribution in [2.24, 2.45) is 0 Å². The quantitative estimate of drug-likeness (QED) is 0.729. The van der Waals surface area contributed by atoms with Gasteiger partial charge in [-0.25, -0.2) is 8.42 Å². The number of hydrogen-bond donors (Lipinski definition) is 1. The minimum Gasteiger partial charge on any atom is -0.496 e. The first kappa shape index (κ1) is 20.7. The number of sulfonamides is 1. The molecule has 3 rings (SSSR count). The molecule has 0 saturated heterocycles. The smallest absolute Gasteiger partial charge is 0.251 e. The summed E-state index contributed by atoms with van der Waals surface area (Å²) in [6, 6.07) is 10.5. The number of halogens is 1. The Morgan fingerprint density at radius 3 is 2.61 bits per heavy atom. The molecule has 1 heterocycles. The Morgan fingerprint density at radius 2 is 2.00 bits per heavy atom. The Balaban J connectivity index is 1.79. The molecule has 1 N–H and O–H groups in total. The van der Waals surface area contributed by atoms with Crippen LogP contribution in [0, 0.1) is 0 Å². The van der Waals surface area contributed by atoms with Gasteiger partial charge in [-0.2, -0.15) is 0 Å². The first-order chi connectivity index (χ1) is 13.1. The number of benzene rings is 2. The molecule has 2 atom stereocenters. The van der Waals surface area contributed by atoms with Crippen LogP contribution in [0.25, 0.3) is 0 Å². The molecule has 0 saturated carbocycles. The number of methoxy groups -OCH3 is 1. The zero-order valence-electron chi connectivity index (χ0n) is 16.2. The Kier molecular flexibility index (Phi) is 5.72. The molecular formula is C20H23BrN2O4S. The fourth-order valence-electron chi connectivity index (χ4n) is 3.56. The maximum absolute atomic E-state index is 12.7. The monoisotopic (exact) mass is 466 g/mol. The number of fused-ring (bicyclic) bond motifs is 1. The van der Waals surface area contributed by atoms with Crippen molar-refractivity contribution in [2.45, 2.75) is 32.4 Å². The Hall–Kier alpha value is -2.06. The summed E-state index contributed by atoms with van der Waals surface area (Å²) in [6.07, 6.45) is 1.79. The lowest BCUT2D eigenvalue weighted by molar-refractivity contribution is 0.0940. The van der Waals surface area contributed by atoms with Crippen LogP contribution in [-0.4, -0.2) is 33.7 Å². The fraction of sp³-hybridized carbons (Fsp3) is 0.350. The number of nitrogens with zero attached hydrogens (tertiary/aromatic N) is 1. The lowest BCUT2D eigenvalue weighted by Crippen LogP contribution is -2.34. The van der Waals surface area contributed by atoms with Crippen molar-refractivity contribution in [3.63, 3.8) is 0 Å². The van der Waals surface area contributed by atoms with Crippen LogP contribution in [0.15, 0.2) is 40.9 Å². The molecule has 0 bridgehead atoms. The highest BCUT2D eigenvalue weighted by atomic mass is 79.9. The normalized spacial score (nSPS) is 17.2. The van der Waals surface area contributed by atoms with Crippen molar-refractivity contribution in [1.82, 2.24) is 5.32 Å². The third kappa shape index (κ3) is 4.03. The predicted molar refractivity (Wildman–Crippen MR) is 114 cm³/mol. The molecule has 28 heavy (non-hydrogen) atoms. The van der Waals surface area contributed by atoms with Gasteiger partial charge in [0, 0.05) is 11.6 Å². The second kappa shape index (κ2) is 7.75. The summed E-state index contributed by atoms with van der Waals surface area (Å²) in [4.78, 5) is 12.7. The van der Waals surface area contributed by atoms with E-state index in [2.05, 4.69) is 21.2 Å². The van der Waals surface area contributed by atoms with E-state index >= 15 is 0 Å². The number of carbonyl (C=O) groups excluding carboxylic acids is 1. The molecule has 0 radical (unpaired) electrons. The van der Waals surface area contributed by atoms with Gasteiger partial charge in [-0.15, -0.1) is 0 Å². The molecule has 1 aliphatic rings. The summed E-state index contributed by atoms with van der Waals surface area (Å²) < 4.78 is 31.5. The minimum atomic E-state index is -3.35. The zero-order valence-corrected chi connectivity index (χ0v) is 18.6. The summed E-state index contributed by atoms with van der Waals surface area (Å²) in [5.74, 6) is 0.526. The molecule has 2 aromatic carbocycles. The van der Waals surface area contributed by atoms with Gasteiger partial charge in [0.05, 0.1) is 29.6 Å². The van der Waals surface area contributed by atoms with E-state index < -0.39 is 10.0 Å². The number of anilines is 1. The van der Waals surface area contributed by atoms with Crippen molar-refractivity contribution in [2.75, 3.05) is 17.7 Å². The van der Waals surface area contributed by atoms with Gasteiger partial charge in [0.15, 0.2) is 0 Å². The molecule has 150 valence electrons. The average Bonchev–Trinajstić information content (AvgIpc) is 2.96. The minimum absolute atomic E-state index is 0.154. The lowest BCUT2D eigenvalue weighted by Gasteiger charge is -2.22. The Labute approximate surface area is 174 Å². The molecule has 6 nitrogen and oxygen atoms in total. The van der Waals surface area contributed by atoms with Gasteiger partial charge in [-0.3, -0.25) is 9.10 Å². The Bertz CT molecular complexity index is 1020. The topological polar surface area (TPSA) is 75.7 Å². The van der Waals surface area contributed by atoms with Crippen LogP contribution in [0.1, 0.15) is 41.4 Å². The second-order valence-electron chi connectivity index (χ2n) is 7.04. The van der Waals surface area contributed by atoms with E-state index in [1.54, 1.807) is 25.3 Å². The van der Waals surface area contributed by atoms with E-state index in [0.29, 0.717) is 17.7 Å². The maximum Gasteiger partial charge on any atom is 0.251 e. The fourth-order valence-corrected chi connectivity index (χ4v) is 5.39. The number of hydrogen-bond acceptors (Lipinski definition) is 4. The van der Waals surface area contributed by atoms with Gasteiger partial charge < -0.3 is 10.1 Å². The molecule has 1 amide bonds. The van der Waals surface area contributed by atoms with Crippen LogP contribution in [0.2, 0.25) is 0 Å². The summed E-state index contributed by atoms with van der Waals surface area (Å²) in [5.41, 5.74) is 2.98. The van der Waals surface area contributed by atoms with Crippen molar-refractivity contribution in [3.05, 3.63) is 57.6 Å². The summed E-state index contributed by atoms with van der Waals surface area (Å²) >= 11 is 3.46. The van der Waals surface area contributed by atoms with Crippen molar-refractivity contribution in [3.8, 4) is 5.75 Å². The highest BCUT2D eigenvalue weighted by Crippen LogP contribution is 2.35. The van der Waals surface area contributed by atoms with E-state index in [9.17, 15) is 13.2 Å². The van der Waals surface area contributed by atoms with Crippen LogP contribution >= 0.6 is 15.9 Å². The van der Waals surface area contributed by atoms with E-state index in [1.807, 2.05) is 32.0 Å². The molecule has 2 unspecified atom stereocenters. The van der Waals surface area contributed by atoms with Crippen LogP contribution in [0.3, 0.4) is 0 Å². The molecule has 0 aromatic heterocycles. The standard InChI is InChI=1S/C20H23BrN2O4S/c1-12-9-16-10-15(5-7-18(16)23(12)28(4,25)26)20(24)22-13(2)14-6-8-19(27-3)17(21)11-14/h5-8,10-13H,9H2,1-4H3,(H,22,24). The Morgan fingerprint density at radius 1 is 1.29 bits per heavy atom. The second-order valence-corrected chi connectivity index (χ2v) is 9.76. The van der Waals surface area contributed by atoms with E-state index in [1.165, 1.54) is 10.6 Å². The highest BCUT2D eigenvalue weighted by molar-refractivity contribution is 9.10. The molecule has 0 fully saturated rings. The van der Waals surface area contributed by atoms with Gasteiger partial charge in [0.25, 0.3) is 5.91 Å². The molecular weight excluding hydrogens is 444 g/mol. The van der Waals surface area contributed by atoms with E-state index in [0.717, 1.165) is 21.3 Å². The largest absolute Gasteiger partial charge is 0.496 e. The zero-order chi connectivity index (χ0) is 20.6. The van der Waals surface area contributed by atoms with E-state index in [-0.39, 0.29) is 18.0 Å². The molecule has 8 heteroatoms. The van der Waals surface area contributed by atoms with Crippen molar-refractivity contribution >= 4 is 37.5 Å². The first-order valence-electron chi connectivity index (χ1n) is 8.88. The van der Waals surface area contributed by atoms with Crippen LogP contribution in [0.4, 0.5) is 5.69 Å². The summed E-state index contributed by atoms with van der Waals surface area (Å²) in [7, 11) is -1.74. The predicted octanol–water partition coefficient (Wildman–Crippen LogP) is 3.66. The third-order valence-electron chi connectivity index (χ3n) is 4.88. The number of amides is 1. The van der Waals surface area contributed by atoms with Crippen LogP contribution < -0.4 is 14.4 Å². The maximum atomic E-state index is 12.7. The third-order valence-corrected chi connectivity index (χ3v) is 6.77. The van der Waals surface area contributed by atoms with Crippen LogP contribution in [-0.2, 0) is 16.4 Å². The van der Waals surface area contributed by atoms with Crippen molar-refractivity contribution in [1.29, 1.82) is 0 Å². The number of nitrogens with one attached hydrogen (secondary N) is 1. The van der Waals surface area contributed by atoms with Gasteiger partial charge >= 0.3 is 0 Å². The van der Waals surface area contributed by atoms with Crippen molar-refractivity contribution < 1.29 is 17.9 Å². The number of rotatable bonds is 5. The molecule has 0 aliphatic carbocycles.